The minimum atomic E-state index is -0.0197. The van der Waals surface area contributed by atoms with Crippen LogP contribution in [-0.2, 0) is 0 Å². The summed E-state index contributed by atoms with van der Waals surface area (Å²) < 4.78 is 0. The van der Waals surface area contributed by atoms with Crippen molar-refractivity contribution in [2.75, 3.05) is 23.8 Å². The van der Waals surface area contributed by atoms with E-state index in [1.165, 1.54) is 0 Å². The molecule has 0 aromatic carbocycles. The largest absolute Gasteiger partial charge is 0.354 e. The van der Waals surface area contributed by atoms with Crippen LogP contribution in [0.2, 0.25) is 5.28 Å². The lowest BCUT2D eigenvalue weighted by Crippen LogP contribution is -2.41. The number of anilines is 2. The van der Waals surface area contributed by atoms with E-state index in [9.17, 15) is 0 Å². The summed E-state index contributed by atoms with van der Waals surface area (Å²) in [5.74, 6) is 1.11. The molecule has 0 fully saturated rings. The monoisotopic (exact) mass is 257 g/mol. The molecule has 0 aliphatic carbocycles. The standard InChI is InChI=1S/C11H20ClN5/c1-6-11(3,4)17(5)10-15-8(12)14-9(16-10)13-7-2/h6-7H2,1-5H3,(H,13,14,15,16). The van der Waals surface area contributed by atoms with Crippen molar-refractivity contribution in [2.45, 2.75) is 39.7 Å². The summed E-state index contributed by atoms with van der Waals surface area (Å²) in [7, 11) is 1.96. The Labute approximate surface area is 108 Å². The molecule has 0 aliphatic heterocycles. The SMILES string of the molecule is CCNc1nc(Cl)nc(N(C)C(C)(C)CC)n1. The van der Waals surface area contributed by atoms with Crippen molar-refractivity contribution < 1.29 is 0 Å². The fourth-order valence-corrected chi connectivity index (χ4v) is 1.39. The molecule has 0 unspecified atom stereocenters. The first kappa shape index (κ1) is 14.0. The Morgan fingerprint density at radius 1 is 1.24 bits per heavy atom. The van der Waals surface area contributed by atoms with Gasteiger partial charge in [-0.3, -0.25) is 0 Å². The fraction of sp³-hybridized carbons (Fsp3) is 0.727. The highest BCUT2D eigenvalue weighted by molar-refractivity contribution is 6.28. The number of hydrogen-bond acceptors (Lipinski definition) is 5. The molecule has 6 heteroatoms. The zero-order valence-corrected chi connectivity index (χ0v) is 11.8. The van der Waals surface area contributed by atoms with Gasteiger partial charge in [-0.25, -0.2) is 0 Å². The summed E-state index contributed by atoms with van der Waals surface area (Å²) in [4.78, 5) is 14.5. The van der Waals surface area contributed by atoms with E-state index in [1.807, 2.05) is 18.9 Å². The second-order valence-corrected chi connectivity index (χ2v) is 4.82. The molecule has 1 aromatic heterocycles. The fourth-order valence-electron chi connectivity index (χ4n) is 1.23. The molecule has 17 heavy (non-hydrogen) atoms. The van der Waals surface area contributed by atoms with Crippen LogP contribution < -0.4 is 10.2 Å². The lowest BCUT2D eigenvalue weighted by Gasteiger charge is -2.34. The number of nitrogens with zero attached hydrogens (tertiary/aromatic N) is 4. The van der Waals surface area contributed by atoms with E-state index in [1.54, 1.807) is 0 Å². The van der Waals surface area contributed by atoms with Gasteiger partial charge in [0, 0.05) is 19.1 Å². The second kappa shape index (κ2) is 5.49. The van der Waals surface area contributed by atoms with Crippen molar-refractivity contribution in [1.29, 1.82) is 0 Å². The zero-order valence-electron chi connectivity index (χ0n) is 11.1. The molecule has 1 N–H and O–H groups in total. The number of aromatic nitrogens is 3. The van der Waals surface area contributed by atoms with Gasteiger partial charge in [0.05, 0.1) is 0 Å². The van der Waals surface area contributed by atoms with Gasteiger partial charge in [0.15, 0.2) is 0 Å². The van der Waals surface area contributed by atoms with Crippen LogP contribution in [0.1, 0.15) is 34.1 Å². The normalized spacial score (nSPS) is 11.4. The van der Waals surface area contributed by atoms with E-state index in [0.29, 0.717) is 11.9 Å². The van der Waals surface area contributed by atoms with E-state index in [4.69, 9.17) is 11.6 Å². The molecule has 0 saturated carbocycles. The first-order chi connectivity index (χ1) is 7.90. The Bertz CT molecular complexity index is 380. The van der Waals surface area contributed by atoms with E-state index in [2.05, 4.69) is 41.0 Å². The molecule has 1 heterocycles. The van der Waals surface area contributed by atoms with Gasteiger partial charge in [0.1, 0.15) is 0 Å². The lowest BCUT2D eigenvalue weighted by atomic mass is 10.0. The van der Waals surface area contributed by atoms with Gasteiger partial charge >= 0.3 is 0 Å². The Hall–Kier alpha value is -1.10. The van der Waals surface area contributed by atoms with Crippen LogP contribution in [0, 0.1) is 0 Å². The molecule has 1 aromatic rings. The van der Waals surface area contributed by atoms with Gasteiger partial charge in [-0.05, 0) is 38.8 Å². The third kappa shape index (κ3) is 3.43. The highest BCUT2D eigenvalue weighted by Crippen LogP contribution is 2.23. The smallest absolute Gasteiger partial charge is 0.231 e. The maximum atomic E-state index is 5.89. The van der Waals surface area contributed by atoms with E-state index < -0.39 is 0 Å². The first-order valence-electron chi connectivity index (χ1n) is 5.80. The number of nitrogens with one attached hydrogen (secondary N) is 1. The van der Waals surface area contributed by atoms with Crippen molar-refractivity contribution in [3.05, 3.63) is 5.28 Å². The minimum absolute atomic E-state index is 0.0197. The molecule has 0 atom stereocenters. The second-order valence-electron chi connectivity index (χ2n) is 4.48. The number of rotatable bonds is 5. The average molecular weight is 258 g/mol. The maximum absolute atomic E-state index is 5.89. The zero-order chi connectivity index (χ0) is 13.1. The highest BCUT2D eigenvalue weighted by Gasteiger charge is 2.24. The van der Waals surface area contributed by atoms with Crippen LogP contribution >= 0.6 is 11.6 Å². The molecular weight excluding hydrogens is 238 g/mol. The molecule has 96 valence electrons. The predicted octanol–water partition coefficient (Wildman–Crippen LogP) is 2.58. The van der Waals surface area contributed by atoms with Crippen molar-refractivity contribution in [2.24, 2.45) is 0 Å². The van der Waals surface area contributed by atoms with E-state index in [-0.39, 0.29) is 10.8 Å². The first-order valence-corrected chi connectivity index (χ1v) is 6.17. The van der Waals surface area contributed by atoms with E-state index >= 15 is 0 Å². The third-order valence-corrected chi connectivity index (χ3v) is 3.17. The summed E-state index contributed by atoms with van der Waals surface area (Å²) in [6.45, 7) is 9.14. The molecule has 0 bridgehead atoms. The molecule has 0 spiro atoms. The van der Waals surface area contributed by atoms with Crippen LogP contribution in [0.25, 0.3) is 0 Å². The van der Waals surface area contributed by atoms with Crippen molar-refractivity contribution >= 4 is 23.5 Å². The average Bonchev–Trinajstić information content (AvgIpc) is 2.27. The maximum Gasteiger partial charge on any atom is 0.231 e. The van der Waals surface area contributed by atoms with Gasteiger partial charge in [0.2, 0.25) is 17.2 Å². The van der Waals surface area contributed by atoms with Crippen molar-refractivity contribution in [3.8, 4) is 0 Å². The van der Waals surface area contributed by atoms with Gasteiger partial charge < -0.3 is 10.2 Å². The van der Waals surface area contributed by atoms with E-state index in [0.717, 1.165) is 13.0 Å². The van der Waals surface area contributed by atoms with Gasteiger partial charge in [-0.2, -0.15) is 15.0 Å². The summed E-state index contributed by atoms with van der Waals surface area (Å²) in [6, 6.07) is 0. The summed E-state index contributed by atoms with van der Waals surface area (Å²) >= 11 is 5.89. The molecule has 0 amide bonds. The van der Waals surface area contributed by atoms with Crippen LogP contribution in [0.5, 0.6) is 0 Å². The quantitative estimate of drug-likeness (QED) is 0.879. The van der Waals surface area contributed by atoms with Gasteiger partial charge in [-0.15, -0.1) is 0 Å². The van der Waals surface area contributed by atoms with Crippen LogP contribution in [0.4, 0.5) is 11.9 Å². The predicted molar refractivity (Wildman–Crippen MR) is 71.8 cm³/mol. The summed E-state index contributed by atoms with van der Waals surface area (Å²) in [5, 5.41) is 3.25. The van der Waals surface area contributed by atoms with Gasteiger partial charge in [-0.1, -0.05) is 6.92 Å². The van der Waals surface area contributed by atoms with Crippen LogP contribution in [0.15, 0.2) is 0 Å². The number of hydrogen-bond donors (Lipinski definition) is 1. The van der Waals surface area contributed by atoms with Crippen molar-refractivity contribution in [3.63, 3.8) is 0 Å². The lowest BCUT2D eigenvalue weighted by molar-refractivity contribution is 0.463. The third-order valence-electron chi connectivity index (χ3n) is 3.00. The summed E-state index contributed by atoms with van der Waals surface area (Å²) in [6.07, 6.45) is 0.989. The molecule has 1 rings (SSSR count). The van der Waals surface area contributed by atoms with Gasteiger partial charge in [0.25, 0.3) is 0 Å². The highest BCUT2D eigenvalue weighted by atomic mass is 35.5. The number of halogens is 1. The summed E-state index contributed by atoms with van der Waals surface area (Å²) in [5.41, 5.74) is -0.0197. The topological polar surface area (TPSA) is 53.9 Å². The van der Waals surface area contributed by atoms with Crippen LogP contribution in [-0.4, -0.2) is 34.1 Å². The van der Waals surface area contributed by atoms with Crippen LogP contribution in [0.3, 0.4) is 0 Å². The molecule has 0 aliphatic rings. The minimum Gasteiger partial charge on any atom is -0.354 e. The molecular formula is C11H20ClN5. The van der Waals surface area contributed by atoms with Crippen molar-refractivity contribution in [1.82, 2.24) is 15.0 Å². The molecule has 5 nitrogen and oxygen atoms in total. The molecule has 0 saturated heterocycles. The Kier molecular flexibility index (Phi) is 4.51. The Morgan fingerprint density at radius 3 is 2.41 bits per heavy atom. The Balaban J connectivity index is 3.05. The molecule has 0 radical (unpaired) electrons. The Morgan fingerprint density at radius 2 is 1.88 bits per heavy atom.